The molecule has 0 aromatic carbocycles. The van der Waals surface area contributed by atoms with Crippen molar-refractivity contribution in [1.82, 2.24) is 5.32 Å². The van der Waals surface area contributed by atoms with Crippen molar-refractivity contribution in [3.8, 4) is 0 Å². The van der Waals surface area contributed by atoms with E-state index in [0.717, 1.165) is 6.42 Å². The van der Waals surface area contributed by atoms with E-state index < -0.39 is 17.5 Å². The number of amides is 1. The van der Waals surface area contributed by atoms with Gasteiger partial charge in [-0.05, 0) is 17.7 Å². The molecule has 0 aliphatic rings. The van der Waals surface area contributed by atoms with Crippen LogP contribution in [0.1, 0.15) is 20.3 Å². The van der Waals surface area contributed by atoms with Gasteiger partial charge in [-0.1, -0.05) is 20.3 Å². The lowest BCUT2D eigenvalue weighted by Crippen LogP contribution is -2.45. The Morgan fingerprint density at radius 3 is 2.41 bits per heavy atom. The second-order valence-electron chi connectivity index (χ2n) is 3.50. The predicted molar refractivity (Wildman–Crippen MR) is 66.2 cm³/mol. The molecule has 0 heterocycles. The molecule has 0 saturated heterocycles. The molecule has 0 aromatic rings. The summed E-state index contributed by atoms with van der Waals surface area (Å²) in [5.74, 6) is -0.560. The Hall–Kier alpha value is -0.140. The Balaban J connectivity index is 0. The van der Waals surface area contributed by atoms with E-state index in [1.165, 1.54) is 0 Å². The smallest absolute Gasteiger partial charge is 0.354 e. The average Bonchev–Trinajstić information content (AvgIpc) is 2.20. The van der Waals surface area contributed by atoms with Crippen LogP contribution in [0.15, 0.2) is 0 Å². The summed E-state index contributed by atoms with van der Waals surface area (Å²) < 4.78 is 35.2. The molecule has 17 heavy (non-hydrogen) atoms. The van der Waals surface area contributed by atoms with Gasteiger partial charge in [-0.25, -0.2) is 0 Å². The summed E-state index contributed by atoms with van der Waals surface area (Å²) in [6, 6.07) is -0.652. The molecule has 0 bridgehead atoms. The fourth-order valence-corrected chi connectivity index (χ4v) is 1.41. The van der Waals surface area contributed by atoms with Crippen molar-refractivity contribution in [2.45, 2.75) is 31.8 Å². The summed E-state index contributed by atoms with van der Waals surface area (Å²) in [5, 5.41) is 2.39. The molecule has 0 aliphatic heterocycles. The number of halogens is 4. The number of nitrogens with two attached hydrogens (primary N) is 1. The SMILES string of the molecule is CCC(C)C(N)C(=O)NCCSC(F)(F)F.Cl. The zero-order valence-corrected chi connectivity index (χ0v) is 11.3. The highest BCUT2D eigenvalue weighted by Crippen LogP contribution is 2.29. The van der Waals surface area contributed by atoms with Crippen molar-refractivity contribution >= 4 is 30.1 Å². The monoisotopic (exact) mass is 294 g/mol. The molecule has 0 aromatic heterocycles. The highest BCUT2D eigenvalue weighted by atomic mass is 35.5. The summed E-state index contributed by atoms with van der Waals surface area (Å²) >= 11 is -0.154. The third-order valence-electron chi connectivity index (χ3n) is 2.23. The van der Waals surface area contributed by atoms with E-state index in [2.05, 4.69) is 5.32 Å². The van der Waals surface area contributed by atoms with Gasteiger partial charge in [0.05, 0.1) is 6.04 Å². The van der Waals surface area contributed by atoms with Gasteiger partial charge in [0.15, 0.2) is 0 Å². The van der Waals surface area contributed by atoms with Gasteiger partial charge in [-0.2, -0.15) is 13.2 Å². The Morgan fingerprint density at radius 2 is 2.00 bits per heavy atom. The molecule has 0 spiro atoms. The van der Waals surface area contributed by atoms with Crippen LogP contribution in [0, 0.1) is 5.92 Å². The molecule has 0 rings (SSSR count). The van der Waals surface area contributed by atoms with Gasteiger partial charge in [0.1, 0.15) is 0 Å². The highest BCUT2D eigenvalue weighted by Gasteiger charge is 2.27. The Kier molecular flexibility index (Phi) is 10.0. The summed E-state index contributed by atoms with van der Waals surface area (Å²) in [5.41, 5.74) is 1.35. The van der Waals surface area contributed by atoms with Gasteiger partial charge in [-0.3, -0.25) is 4.79 Å². The number of hydrogen-bond donors (Lipinski definition) is 2. The third kappa shape index (κ3) is 9.55. The van der Waals surface area contributed by atoms with E-state index in [0.29, 0.717) is 0 Å². The van der Waals surface area contributed by atoms with Crippen LogP contribution in [-0.2, 0) is 4.79 Å². The summed E-state index contributed by atoms with van der Waals surface area (Å²) in [6.07, 6.45) is 0.756. The second kappa shape index (κ2) is 8.88. The van der Waals surface area contributed by atoms with Crippen LogP contribution < -0.4 is 11.1 Å². The molecule has 3 nitrogen and oxygen atoms in total. The molecule has 1 amide bonds. The normalized spacial score (nSPS) is 14.7. The van der Waals surface area contributed by atoms with Crippen LogP contribution >= 0.6 is 24.2 Å². The van der Waals surface area contributed by atoms with Crippen molar-refractivity contribution < 1.29 is 18.0 Å². The number of nitrogens with one attached hydrogen (secondary N) is 1. The van der Waals surface area contributed by atoms with E-state index in [-0.39, 0.29) is 42.4 Å². The zero-order chi connectivity index (χ0) is 12.8. The molecule has 0 fully saturated rings. The quantitative estimate of drug-likeness (QED) is 0.738. The minimum Gasteiger partial charge on any atom is -0.354 e. The fraction of sp³-hybridized carbons (Fsp3) is 0.889. The second-order valence-corrected chi connectivity index (χ2v) is 4.66. The van der Waals surface area contributed by atoms with E-state index >= 15 is 0 Å². The molecular formula is C9H18ClF3N2OS. The first-order valence-electron chi connectivity index (χ1n) is 5.02. The topological polar surface area (TPSA) is 55.1 Å². The zero-order valence-electron chi connectivity index (χ0n) is 9.71. The predicted octanol–water partition coefficient (Wildman–Crippen LogP) is 2.15. The number of rotatable bonds is 6. The maximum atomic E-state index is 11.7. The molecule has 0 saturated carbocycles. The molecule has 3 N–H and O–H groups in total. The van der Waals surface area contributed by atoms with Crippen LogP contribution in [-0.4, -0.2) is 29.8 Å². The van der Waals surface area contributed by atoms with Crippen molar-refractivity contribution in [2.24, 2.45) is 11.7 Å². The Morgan fingerprint density at radius 1 is 1.47 bits per heavy atom. The van der Waals surface area contributed by atoms with Crippen LogP contribution in [0.2, 0.25) is 0 Å². The van der Waals surface area contributed by atoms with E-state index in [1.54, 1.807) is 0 Å². The van der Waals surface area contributed by atoms with Crippen LogP contribution in [0.25, 0.3) is 0 Å². The molecule has 104 valence electrons. The van der Waals surface area contributed by atoms with Gasteiger partial charge in [-0.15, -0.1) is 12.4 Å². The molecule has 2 atom stereocenters. The first kappa shape index (κ1) is 19.2. The lowest BCUT2D eigenvalue weighted by Gasteiger charge is -2.17. The van der Waals surface area contributed by atoms with Crippen LogP contribution in [0.3, 0.4) is 0 Å². The van der Waals surface area contributed by atoms with Crippen molar-refractivity contribution in [2.75, 3.05) is 12.3 Å². The molecular weight excluding hydrogens is 277 g/mol. The maximum absolute atomic E-state index is 11.7. The number of carbonyl (C=O) groups is 1. The van der Waals surface area contributed by atoms with Gasteiger partial charge >= 0.3 is 5.51 Å². The van der Waals surface area contributed by atoms with Crippen molar-refractivity contribution in [3.05, 3.63) is 0 Å². The van der Waals surface area contributed by atoms with Crippen LogP contribution in [0.5, 0.6) is 0 Å². The molecule has 0 radical (unpaired) electrons. The molecule has 2 unspecified atom stereocenters. The van der Waals surface area contributed by atoms with E-state index in [9.17, 15) is 18.0 Å². The van der Waals surface area contributed by atoms with Gasteiger partial charge < -0.3 is 11.1 Å². The van der Waals surface area contributed by atoms with Gasteiger partial charge in [0, 0.05) is 12.3 Å². The maximum Gasteiger partial charge on any atom is 0.441 e. The first-order valence-corrected chi connectivity index (χ1v) is 6.00. The fourth-order valence-electron chi connectivity index (χ4n) is 0.971. The third-order valence-corrected chi connectivity index (χ3v) is 2.96. The Labute approximate surface area is 109 Å². The van der Waals surface area contributed by atoms with Gasteiger partial charge in [0.25, 0.3) is 0 Å². The largest absolute Gasteiger partial charge is 0.441 e. The van der Waals surface area contributed by atoms with Gasteiger partial charge in [0.2, 0.25) is 5.91 Å². The lowest BCUT2D eigenvalue weighted by molar-refractivity contribution is -0.123. The molecule has 8 heteroatoms. The highest BCUT2D eigenvalue weighted by molar-refractivity contribution is 8.00. The summed E-state index contributed by atoms with van der Waals surface area (Å²) in [4.78, 5) is 11.3. The Bertz CT molecular complexity index is 229. The van der Waals surface area contributed by atoms with E-state index in [1.807, 2.05) is 13.8 Å². The first-order chi connectivity index (χ1) is 7.28. The minimum absolute atomic E-state index is 0. The molecule has 0 aliphatic carbocycles. The standard InChI is InChI=1S/C9H17F3N2OS.ClH/c1-3-6(2)7(13)8(15)14-4-5-16-9(10,11)12;/h6-7H,3-5,13H2,1-2H3,(H,14,15);1H. The average molecular weight is 295 g/mol. The summed E-state index contributed by atoms with van der Waals surface area (Å²) in [7, 11) is 0. The van der Waals surface area contributed by atoms with E-state index in [4.69, 9.17) is 5.73 Å². The minimum atomic E-state index is -4.25. The number of hydrogen-bond acceptors (Lipinski definition) is 3. The number of alkyl halides is 3. The number of carbonyl (C=O) groups excluding carboxylic acids is 1. The lowest BCUT2D eigenvalue weighted by atomic mass is 9.99. The van der Waals surface area contributed by atoms with Crippen molar-refractivity contribution in [1.29, 1.82) is 0 Å². The number of thioether (sulfide) groups is 1. The van der Waals surface area contributed by atoms with Crippen LogP contribution in [0.4, 0.5) is 13.2 Å². The summed E-state index contributed by atoms with van der Waals surface area (Å²) in [6.45, 7) is 3.71. The van der Waals surface area contributed by atoms with Crippen molar-refractivity contribution in [3.63, 3.8) is 0 Å².